The quantitative estimate of drug-likeness (QED) is 0.739. The highest BCUT2D eigenvalue weighted by molar-refractivity contribution is 9.10. The zero-order chi connectivity index (χ0) is 19.4. The highest BCUT2D eigenvalue weighted by Crippen LogP contribution is 2.25. The van der Waals surface area contributed by atoms with Crippen molar-refractivity contribution in [2.45, 2.75) is 32.0 Å². The van der Waals surface area contributed by atoms with Crippen molar-refractivity contribution in [3.8, 4) is 0 Å². The number of rotatable bonds is 5. The molecule has 142 valence electrons. The predicted octanol–water partition coefficient (Wildman–Crippen LogP) is 3.23. The van der Waals surface area contributed by atoms with Crippen LogP contribution in [0.15, 0.2) is 53.0 Å². The first-order valence-corrected chi connectivity index (χ1v) is 9.72. The summed E-state index contributed by atoms with van der Waals surface area (Å²) < 4.78 is 5.93. The van der Waals surface area contributed by atoms with E-state index in [1.807, 2.05) is 55.5 Å². The number of methoxy groups -OCH3 is 1. The van der Waals surface area contributed by atoms with Crippen LogP contribution in [0.5, 0.6) is 0 Å². The van der Waals surface area contributed by atoms with Crippen LogP contribution in [0.4, 0.5) is 0 Å². The highest BCUT2D eigenvalue weighted by Gasteiger charge is 2.35. The second-order valence-corrected chi connectivity index (χ2v) is 7.51. The number of benzene rings is 2. The van der Waals surface area contributed by atoms with E-state index in [0.29, 0.717) is 13.0 Å². The molecule has 1 aliphatic heterocycles. The van der Waals surface area contributed by atoms with Crippen molar-refractivity contribution in [2.75, 3.05) is 13.7 Å². The Morgan fingerprint density at radius 2 is 1.85 bits per heavy atom. The maximum absolute atomic E-state index is 12.9. The van der Waals surface area contributed by atoms with Crippen LogP contribution in [-0.2, 0) is 27.3 Å². The molecule has 1 heterocycles. The van der Waals surface area contributed by atoms with Crippen molar-refractivity contribution in [2.24, 2.45) is 0 Å². The van der Waals surface area contributed by atoms with E-state index in [9.17, 15) is 9.59 Å². The SMILES string of the molecule is COC(=O)C1Cc2ccccc2CN1C(=O)CNC(C)c1ccccc1Br. The minimum atomic E-state index is -0.585. The Bertz CT molecular complexity index is 840. The molecular weight excluding hydrogens is 408 g/mol. The van der Waals surface area contributed by atoms with Crippen molar-refractivity contribution in [3.63, 3.8) is 0 Å². The number of nitrogens with zero attached hydrogens (tertiary/aromatic N) is 1. The smallest absolute Gasteiger partial charge is 0.328 e. The summed E-state index contributed by atoms with van der Waals surface area (Å²) in [5, 5.41) is 3.26. The van der Waals surface area contributed by atoms with Gasteiger partial charge in [-0.15, -0.1) is 0 Å². The summed E-state index contributed by atoms with van der Waals surface area (Å²) in [7, 11) is 1.36. The van der Waals surface area contributed by atoms with Gasteiger partial charge >= 0.3 is 5.97 Å². The third kappa shape index (κ3) is 4.39. The number of esters is 1. The molecule has 27 heavy (non-hydrogen) atoms. The first kappa shape index (κ1) is 19.6. The second kappa shape index (κ2) is 8.67. The van der Waals surface area contributed by atoms with Crippen molar-refractivity contribution >= 4 is 27.8 Å². The van der Waals surface area contributed by atoms with E-state index in [2.05, 4.69) is 21.2 Å². The molecule has 1 amide bonds. The highest BCUT2D eigenvalue weighted by atomic mass is 79.9. The topological polar surface area (TPSA) is 58.6 Å². The lowest BCUT2D eigenvalue weighted by atomic mass is 9.94. The van der Waals surface area contributed by atoms with Gasteiger partial charge in [-0.3, -0.25) is 4.79 Å². The summed E-state index contributed by atoms with van der Waals surface area (Å²) >= 11 is 3.54. The van der Waals surface area contributed by atoms with Gasteiger partial charge in [-0.2, -0.15) is 0 Å². The van der Waals surface area contributed by atoms with Crippen LogP contribution in [0.25, 0.3) is 0 Å². The van der Waals surface area contributed by atoms with Crippen molar-refractivity contribution in [1.29, 1.82) is 0 Å². The van der Waals surface area contributed by atoms with Gasteiger partial charge in [0.25, 0.3) is 0 Å². The number of hydrogen-bond acceptors (Lipinski definition) is 4. The minimum absolute atomic E-state index is 0.00169. The van der Waals surface area contributed by atoms with E-state index in [0.717, 1.165) is 21.2 Å². The molecule has 5 nitrogen and oxygen atoms in total. The van der Waals surface area contributed by atoms with Gasteiger partial charge in [0.1, 0.15) is 6.04 Å². The summed E-state index contributed by atoms with van der Waals surface area (Å²) in [6.07, 6.45) is 0.481. The number of fused-ring (bicyclic) bond motifs is 1. The van der Waals surface area contributed by atoms with Gasteiger partial charge in [0.2, 0.25) is 5.91 Å². The lowest BCUT2D eigenvalue weighted by Crippen LogP contribution is -2.51. The molecule has 2 unspecified atom stereocenters. The molecule has 0 saturated carbocycles. The Labute approximate surface area is 167 Å². The lowest BCUT2D eigenvalue weighted by Gasteiger charge is -2.35. The summed E-state index contributed by atoms with van der Waals surface area (Å²) in [6.45, 7) is 2.58. The number of ether oxygens (including phenoxy) is 1. The zero-order valence-electron chi connectivity index (χ0n) is 15.4. The van der Waals surface area contributed by atoms with E-state index in [1.54, 1.807) is 4.90 Å². The maximum atomic E-state index is 12.9. The third-order valence-electron chi connectivity index (χ3n) is 4.97. The molecule has 6 heteroatoms. The van der Waals surface area contributed by atoms with E-state index < -0.39 is 6.04 Å². The maximum Gasteiger partial charge on any atom is 0.328 e. The molecular formula is C21H23BrN2O3. The Kier molecular flexibility index (Phi) is 6.29. The van der Waals surface area contributed by atoms with Crippen LogP contribution in [0.1, 0.15) is 29.7 Å². The second-order valence-electron chi connectivity index (χ2n) is 6.66. The normalized spacial score (nSPS) is 17.1. The lowest BCUT2D eigenvalue weighted by molar-refractivity contribution is -0.153. The average molecular weight is 431 g/mol. The van der Waals surface area contributed by atoms with E-state index in [-0.39, 0.29) is 24.5 Å². The largest absolute Gasteiger partial charge is 0.467 e. The fourth-order valence-corrected chi connectivity index (χ4v) is 4.04. The molecule has 2 aromatic carbocycles. The van der Waals surface area contributed by atoms with Gasteiger partial charge in [-0.1, -0.05) is 58.4 Å². The van der Waals surface area contributed by atoms with Crippen LogP contribution in [0, 0.1) is 0 Å². The van der Waals surface area contributed by atoms with E-state index in [4.69, 9.17) is 4.74 Å². The Morgan fingerprint density at radius 1 is 1.19 bits per heavy atom. The number of nitrogens with one attached hydrogen (secondary N) is 1. The predicted molar refractivity (Wildman–Crippen MR) is 107 cm³/mol. The molecule has 0 aliphatic carbocycles. The first-order valence-electron chi connectivity index (χ1n) is 8.93. The summed E-state index contributed by atoms with van der Waals surface area (Å²) in [5.41, 5.74) is 3.25. The zero-order valence-corrected chi connectivity index (χ0v) is 17.0. The molecule has 0 radical (unpaired) electrons. The third-order valence-corrected chi connectivity index (χ3v) is 5.70. The van der Waals surface area contributed by atoms with Crippen LogP contribution in [-0.4, -0.2) is 36.5 Å². The van der Waals surface area contributed by atoms with Gasteiger partial charge in [0, 0.05) is 23.5 Å². The molecule has 0 aromatic heterocycles. The Morgan fingerprint density at radius 3 is 2.56 bits per heavy atom. The van der Waals surface area contributed by atoms with Crippen LogP contribution >= 0.6 is 15.9 Å². The van der Waals surface area contributed by atoms with Gasteiger partial charge in [-0.25, -0.2) is 4.79 Å². The molecule has 3 rings (SSSR count). The fourth-order valence-electron chi connectivity index (χ4n) is 3.41. The van der Waals surface area contributed by atoms with Crippen LogP contribution < -0.4 is 5.32 Å². The summed E-state index contributed by atoms with van der Waals surface area (Å²) in [6, 6.07) is 15.2. The van der Waals surface area contributed by atoms with E-state index >= 15 is 0 Å². The van der Waals surface area contributed by atoms with E-state index in [1.165, 1.54) is 7.11 Å². The number of carbonyl (C=O) groups excluding carboxylic acids is 2. The minimum Gasteiger partial charge on any atom is -0.467 e. The van der Waals surface area contributed by atoms with Crippen LogP contribution in [0.2, 0.25) is 0 Å². The summed E-state index contributed by atoms with van der Waals surface area (Å²) in [4.78, 5) is 26.8. The molecule has 0 spiro atoms. The van der Waals surface area contributed by atoms with Gasteiger partial charge < -0.3 is 15.0 Å². The fraction of sp³-hybridized carbons (Fsp3) is 0.333. The average Bonchev–Trinajstić information content (AvgIpc) is 2.70. The van der Waals surface area contributed by atoms with Crippen molar-refractivity contribution < 1.29 is 14.3 Å². The molecule has 1 N–H and O–H groups in total. The number of amides is 1. The van der Waals surface area contributed by atoms with Crippen LogP contribution in [0.3, 0.4) is 0 Å². The number of hydrogen-bond donors (Lipinski definition) is 1. The number of carbonyl (C=O) groups is 2. The molecule has 0 saturated heterocycles. The monoisotopic (exact) mass is 430 g/mol. The standard InChI is InChI=1S/C21H23BrN2O3/c1-14(17-9-5-6-10-18(17)22)23-12-20(25)24-13-16-8-4-3-7-15(16)11-19(24)21(26)27-2/h3-10,14,19,23H,11-13H2,1-2H3. The Hall–Kier alpha value is -2.18. The van der Waals surface area contributed by atoms with Crippen molar-refractivity contribution in [3.05, 3.63) is 69.7 Å². The van der Waals surface area contributed by atoms with Gasteiger partial charge in [0.05, 0.1) is 13.7 Å². The first-order chi connectivity index (χ1) is 13.0. The molecule has 1 aliphatic rings. The molecule has 0 bridgehead atoms. The van der Waals surface area contributed by atoms with Gasteiger partial charge in [-0.05, 0) is 29.7 Å². The number of halogens is 1. The summed E-state index contributed by atoms with van der Waals surface area (Å²) in [5.74, 6) is -0.490. The van der Waals surface area contributed by atoms with Gasteiger partial charge in [0.15, 0.2) is 0 Å². The molecule has 2 atom stereocenters. The van der Waals surface area contributed by atoms with Crippen molar-refractivity contribution in [1.82, 2.24) is 10.2 Å². The molecule has 0 fully saturated rings. The molecule has 2 aromatic rings. The Balaban J connectivity index is 1.72.